The molecule has 0 aromatic rings. The second-order valence-electron chi connectivity index (χ2n) is 5.55. The van der Waals surface area contributed by atoms with E-state index in [0.717, 1.165) is 11.8 Å². The van der Waals surface area contributed by atoms with E-state index in [9.17, 15) is 5.11 Å². The van der Waals surface area contributed by atoms with E-state index < -0.39 is 0 Å². The minimum absolute atomic E-state index is 0.409. The molecule has 0 aromatic heterocycles. The highest BCUT2D eigenvalue weighted by Gasteiger charge is 2.21. The first-order chi connectivity index (χ1) is 7.26. The predicted molar refractivity (Wildman–Crippen MR) is 65.8 cm³/mol. The fourth-order valence-electron chi connectivity index (χ4n) is 2.81. The molecule has 1 nitrogen and oxygen atoms in total. The topological polar surface area (TPSA) is 20.2 Å². The zero-order valence-electron chi connectivity index (χ0n) is 10.5. The highest BCUT2D eigenvalue weighted by molar-refractivity contribution is 4.73. The molecule has 1 unspecified atom stereocenters. The molecule has 1 rings (SSSR count). The summed E-state index contributed by atoms with van der Waals surface area (Å²) in [6.07, 6.45) is 10.7. The summed E-state index contributed by atoms with van der Waals surface area (Å²) >= 11 is 0. The van der Waals surface area contributed by atoms with E-state index in [0.29, 0.717) is 12.5 Å². The van der Waals surface area contributed by atoms with Crippen LogP contribution >= 0.6 is 0 Å². The summed E-state index contributed by atoms with van der Waals surface area (Å²) in [7, 11) is 0. The summed E-state index contributed by atoms with van der Waals surface area (Å²) in [6.45, 7) is 5.01. The van der Waals surface area contributed by atoms with Crippen molar-refractivity contribution in [1.82, 2.24) is 0 Å². The maximum absolute atomic E-state index is 9.34. The van der Waals surface area contributed by atoms with Crippen LogP contribution in [0.2, 0.25) is 0 Å². The lowest BCUT2D eigenvalue weighted by molar-refractivity contribution is 0.167. The van der Waals surface area contributed by atoms with Gasteiger partial charge >= 0.3 is 0 Å². The van der Waals surface area contributed by atoms with Crippen LogP contribution in [0.25, 0.3) is 0 Å². The lowest BCUT2D eigenvalue weighted by atomic mass is 9.78. The number of unbranched alkanes of at least 4 members (excludes halogenated alkanes) is 1. The van der Waals surface area contributed by atoms with Crippen LogP contribution in [0.1, 0.15) is 65.2 Å². The number of hydrogen-bond acceptors (Lipinski definition) is 1. The van der Waals surface area contributed by atoms with Gasteiger partial charge in [-0.2, -0.15) is 0 Å². The van der Waals surface area contributed by atoms with Gasteiger partial charge in [-0.1, -0.05) is 52.4 Å². The van der Waals surface area contributed by atoms with E-state index in [1.165, 1.54) is 51.4 Å². The van der Waals surface area contributed by atoms with Crippen LogP contribution in [0.3, 0.4) is 0 Å². The maximum Gasteiger partial charge on any atom is 0.0459 e. The van der Waals surface area contributed by atoms with Gasteiger partial charge in [0.25, 0.3) is 0 Å². The monoisotopic (exact) mass is 212 g/mol. The third kappa shape index (κ3) is 5.01. The van der Waals surface area contributed by atoms with E-state index >= 15 is 0 Å². The molecule has 0 saturated heterocycles. The number of hydrogen-bond donors (Lipinski definition) is 1. The summed E-state index contributed by atoms with van der Waals surface area (Å²) in [5.41, 5.74) is 0. The third-order valence-corrected chi connectivity index (χ3v) is 4.03. The van der Waals surface area contributed by atoms with Crippen molar-refractivity contribution in [1.29, 1.82) is 0 Å². The molecule has 1 fully saturated rings. The van der Waals surface area contributed by atoms with E-state index in [1.54, 1.807) is 0 Å². The fraction of sp³-hybridized carbons (Fsp3) is 1.00. The first-order valence-electron chi connectivity index (χ1n) is 6.87. The summed E-state index contributed by atoms with van der Waals surface area (Å²) in [6, 6.07) is 0. The normalized spacial score (nSPS) is 29.0. The Morgan fingerprint density at radius 3 is 2.40 bits per heavy atom. The number of aliphatic hydroxyl groups excluding tert-OH is 1. The molecule has 0 radical (unpaired) electrons. The van der Waals surface area contributed by atoms with Crippen LogP contribution in [0, 0.1) is 17.8 Å². The molecule has 0 aliphatic heterocycles. The molecule has 1 aliphatic carbocycles. The SMILES string of the molecule is CCCCC(CO)CC1CCC(C)CC1. The quantitative estimate of drug-likeness (QED) is 0.705. The average Bonchev–Trinajstić information content (AvgIpc) is 2.27. The van der Waals surface area contributed by atoms with Crippen molar-refractivity contribution in [3.05, 3.63) is 0 Å². The Morgan fingerprint density at radius 1 is 1.20 bits per heavy atom. The molecule has 0 bridgehead atoms. The van der Waals surface area contributed by atoms with E-state index in [4.69, 9.17) is 0 Å². The Labute approximate surface area is 95.3 Å². The highest BCUT2D eigenvalue weighted by Crippen LogP contribution is 2.33. The van der Waals surface area contributed by atoms with Crippen LogP contribution < -0.4 is 0 Å². The molecule has 0 spiro atoms. The van der Waals surface area contributed by atoms with Crippen LogP contribution in [-0.4, -0.2) is 11.7 Å². The molecule has 1 atom stereocenters. The molecule has 1 heteroatoms. The van der Waals surface area contributed by atoms with Gasteiger partial charge in [-0.15, -0.1) is 0 Å². The molecule has 1 saturated carbocycles. The lowest BCUT2D eigenvalue weighted by Gasteiger charge is -2.28. The number of rotatable bonds is 6. The summed E-state index contributed by atoms with van der Waals surface area (Å²) < 4.78 is 0. The lowest BCUT2D eigenvalue weighted by Crippen LogP contribution is -2.17. The van der Waals surface area contributed by atoms with Gasteiger partial charge < -0.3 is 5.11 Å². The van der Waals surface area contributed by atoms with Crippen LogP contribution in [0.5, 0.6) is 0 Å². The maximum atomic E-state index is 9.34. The van der Waals surface area contributed by atoms with Gasteiger partial charge in [0.15, 0.2) is 0 Å². The average molecular weight is 212 g/mol. The molecule has 15 heavy (non-hydrogen) atoms. The zero-order valence-corrected chi connectivity index (χ0v) is 10.5. The third-order valence-electron chi connectivity index (χ3n) is 4.03. The van der Waals surface area contributed by atoms with E-state index in [2.05, 4.69) is 13.8 Å². The van der Waals surface area contributed by atoms with Crippen LogP contribution in [0.4, 0.5) is 0 Å². The first-order valence-corrected chi connectivity index (χ1v) is 6.87. The van der Waals surface area contributed by atoms with Crippen molar-refractivity contribution in [2.75, 3.05) is 6.61 Å². The van der Waals surface area contributed by atoms with Gasteiger partial charge in [0.05, 0.1) is 0 Å². The smallest absolute Gasteiger partial charge is 0.0459 e. The predicted octanol–water partition coefficient (Wildman–Crippen LogP) is 4.00. The molecular weight excluding hydrogens is 184 g/mol. The van der Waals surface area contributed by atoms with Crippen molar-refractivity contribution in [2.24, 2.45) is 17.8 Å². The molecule has 1 aliphatic rings. The molecule has 90 valence electrons. The molecule has 0 amide bonds. The fourth-order valence-corrected chi connectivity index (χ4v) is 2.81. The van der Waals surface area contributed by atoms with E-state index in [-0.39, 0.29) is 0 Å². The molecule has 0 aromatic carbocycles. The largest absolute Gasteiger partial charge is 0.396 e. The Morgan fingerprint density at radius 2 is 1.87 bits per heavy atom. The van der Waals surface area contributed by atoms with Crippen molar-refractivity contribution in [3.63, 3.8) is 0 Å². The summed E-state index contributed by atoms with van der Waals surface area (Å²) in [5.74, 6) is 2.45. The van der Waals surface area contributed by atoms with Gasteiger partial charge in [-0.25, -0.2) is 0 Å². The van der Waals surface area contributed by atoms with Crippen molar-refractivity contribution >= 4 is 0 Å². The van der Waals surface area contributed by atoms with Gasteiger partial charge in [-0.3, -0.25) is 0 Å². The standard InChI is InChI=1S/C14H28O/c1-3-4-5-14(11-15)10-13-8-6-12(2)7-9-13/h12-15H,3-11H2,1-2H3. The Hall–Kier alpha value is -0.0400. The molecule has 1 N–H and O–H groups in total. The van der Waals surface area contributed by atoms with Crippen LogP contribution in [-0.2, 0) is 0 Å². The second kappa shape index (κ2) is 7.27. The van der Waals surface area contributed by atoms with Gasteiger partial charge in [0.1, 0.15) is 0 Å². The van der Waals surface area contributed by atoms with Crippen molar-refractivity contribution < 1.29 is 5.11 Å². The minimum atomic E-state index is 0.409. The van der Waals surface area contributed by atoms with Gasteiger partial charge in [0, 0.05) is 6.61 Å². The van der Waals surface area contributed by atoms with Gasteiger partial charge in [0.2, 0.25) is 0 Å². The van der Waals surface area contributed by atoms with Crippen LogP contribution in [0.15, 0.2) is 0 Å². The minimum Gasteiger partial charge on any atom is -0.396 e. The number of aliphatic hydroxyl groups is 1. The Balaban J connectivity index is 2.19. The van der Waals surface area contributed by atoms with Crippen molar-refractivity contribution in [3.8, 4) is 0 Å². The second-order valence-corrected chi connectivity index (χ2v) is 5.55. The molecule has 0 heterocycles. The Kier molecular flexibility index (Phi) is 6.31. The summed E-state index contributed by atoms with van der Waals surface area (Å²) in [4.78, 5) is 0. The summed E-state index contributed by atoms with van der Waals surface area (Å²) in [5, 5.41) is 9.34. The molecular formula is C14H28O. The first kappa shape index (κ1) is 13.0. The Bertz CT molecular complexity index is 145. The highest BCUT2D eigenvalue weighted by atomic mass is 16.3. The van der Waals surface area contributed by atoms with Crippen molar-refractivity contribution in [2.45, 2.75) is 65.2 Å². The van der Waals surface area contributed by atoms with E-state index in [1.807, 2.05) is 0 Å². The van der Waals surface area contributed by atoms with Gasteiger partial charge in [-0.05, 0) is 30.6 Å². The zero-order chi connectivity index (χ0) is 11.1.